The smallest absolute Gasteiger partial charge is 0.257 e. The monoisotopic (exact) mass is 355 g/mol. The van der Waals surface area contributed by atoms with Gasteiger partial charge in [-0.25, -0.2) is 4.98 Å². The van der Waals surface area contributed by atoms with Gasteiger partial charge in [0.2, 0.25) is 11.8 Å². The Morgan fingerprint density at radius 3 is 2.96 bits per heavy atom. The van der Waals surface area contributed by atoms with Gasteiger partial charge in [0.25, 0.3) is 5.91 Å². The highest BCUT2D eigenvalue weighted by molar-refractivity contribution is 5.96. The van der Waals surface area contributed by atoms with Crippen LogP contribution in [0.25, 0.3) is 0 Å². The van der Waals surface area contributed by atoms with Crippen molar-refractivity contribution < 1.29 is 19.4 Å². The summed E-state index contributed by atoms with van der Waals surface area (Å²) in [6, 6.07) is 10.9. The lowest BCUT2D eigenvalue weighted by atomic mass is 10.1. The normalized spacial score (nSPS) is 13.7. The molecule has 7 heteroatoms. The average Bonchev–Trinajstić information content (AvgIpc) is 3.11. The molecular formula is C19H21N3O4. The summed E-state index contributed by atoms with van der Waals surface area (Å²) >= 11 is 0. The van der Waals surface area contributed by atoms with Gasteiger partial charge in [-0.3, -0.25) is 9.59 Å². The molecule has 1 aromatic carbocycles. The fraction of sp³-hybridized carbons (Fsp3) is 0.316. The van der Waals surface area contributed by atoms with Gasteiger partial charge in [0.15, 0.2) is 0 Å². The third kappa shape index (κ3) is 4.18. The molecule has 0 unspecified atom stereocenters. The van der Waals surface area contributed by atoms with Gasteiger partial charge in [-0.15, -0.1) is 0 Å². The second kappa shape index (κ2) is 8.44. The van der Waals surface area contributed by atoms with Gasteiger partial charge < -0.3 is 20.1 Å². The Hall–Kier alpha value is -2.93. The molecular weight excluding hydrogens is 334 g/mol. The highest BCUT2D eigenvalue weighted by Crippen LogP contribution is 2.22. The molecule has 2 heterocycles. The number of aliphatic hydroxyl groups excluding tert-OH is 1. The number of pyridine rings is 1. The van der Waals surface area contributed by atoms with Crippen molar-refractivity contribution in [2.75, 3.05) is 24.7 Å². The lowest BCUT2D eigenvalue weighted by molar-refractivity contribution is -0.117. The second-order valence-corrected chi connectivity index (χ2v) is 5.93. The van der Waals surface area contributed by atoms with Crippen LogP contribution in [0.1, 0.15) is 28.8 Å². The fourth-order valence-electron chi connectivity index (χ4n) is 2.85. The Morgan fingerprint density at radius 1 is 1.31 bits per heavy atom. The molecule has 2 aromatic rings. The fourth-order valence-corrected chi connectivity index (χ4v) is 2.85. The van der Waals surface area contributed by atoms with Crippen molar-refractivity contribution in [1.29, 1.82) is 0 Å². The zero-order valence-electron chi connectivity index (χ0n) is 14.4. The van der Waals surface area contributed by atoms with Crippen LogP contribution in [0.4, 0.5) is 5.69 Å². The van der Waals surface area contributed by atoms with E-state index < -0.39 is 0 Å². The minimum Gasteiger partial charge on any atom is -0.475 e. The van der Waals surface area contributed by atoms with Crippen LogP contribution in [0.15, 0.2) is 42.6 Å². The largest absolute Gasteiger partial charge is 0.475 e. The summed E-state index contributed by atoms with van der Waals surface area (Å²) in [5.41, 5.74) is 2.07. The maximum atomic E-state index is 12.4. The summed E-state index contributed by atoms with van der Waals surface area (Å²) in [7, 11) is 0. The first-order valence-corrected chi connectivity index (χ1v) is 8.55. The van der Waals surface area contributed by atoms with Gasteiger partial charge in [0.05, 0.1) is 6.61 Å². The molecule has 0 atom stereocenters. The highest BCUT2D eigenvalue weighted by atomic mass is 16.5. The number of aliphatic hydroxyl groups is 1. The molecule has 136 valence electrons. The Morgan fingerprint density at radius 2 is 2.19 bits per heavy atom. The molecule has 26 heavy (non-hydrogen) atoms. The average molecular weight is 355 g/mol. The number of amides is 2. The van der Waals surface area contributed by atoms with Crippen molar-refractivity contribution in [2.24, 2.45) is 0 Å². The third-order valence-electron chi connectivity index (χ3n) is 4.09. The van der Waals surface area contributed by atoms with Crippen LogP contribution in [-0.2, 0) is 11.3 Å². The van der Waals surface area contributed by atoms with E-state index >= 15 is 0 Å². The predicted molar refractivity (Wildman–Crippen MR) is 96.0 cm³/mol. The maximum Gasteiger partial charge on any atom is 0.257 e. The summed E-state index contributed by atoms with van der Waals surface area (Å²) < 4.78 is 5.29. The molecule has 1 saturated heterocycles. The molecule has 1 aromatic heterocycles. The number of ether oxygens (including phenoxy) is 1. The number of hydrogen-bond donors (Lipinski definition) is 2. The first kappa shape index (κ1) is 17.9. The number of benzene rings is 1. The quantitative estimate of drug-likeness (QED) is 0.785. The SMILES string of the molecule is O=C(NCc1cccc(N2CCCC2=O)c1)c1cccnc1OCCO. The van der Waals surface area contributed by atoms with E-state index in [9.17, 15) is 9.59 Å². The number of anilines is 1. The lowest BCUT2D eigenvalue weighted by Gasteiger charge is -2.17. The number of aromatic nitrogens is 1. The molecule has 1 fully saturated rings. The molecule has 0 aliphatic carbocycles. The lowest BCUT2D eigenvalue weighted by Crippen LogP contribution is -2.25. The molecule has 2 amide bonds. The first-order chi connectivity index (χ1) is 12.7. The Bertz CT molecular complexity index is 794. The number of nitrogens with zero attached hydrogens (tertiary/aromatic N) is 2. The van der Waals surface area contributed by atoms with Crippen LogP contribution >= 0.6 is 0 Å². The summed E-state index contributed by atoms with van der Waals surface area (Å²) in [6.45, 7) is 0.974. The number of rotatable bonds is 7. The van der Waals surface area contributed by atoms with Crippen molar-refractivity contribution in [1.82, 2.24) is 10.3 Å². The van der Waals surface area contributed by atoms with Gasteiger partial charge in [-0.2, -0.15) is 0 Å². The van der Waals surface area contributed by atoms with E-state index in [1.165, 1.54) is 6.20 Å². The van der Waals surface area contributed by atoms with Gasteiger partial charge >= 0.3 is 0 Å². The Balaban J connectivity index is 1.66. The Kier molecular flexibility index (Phi) is 5.80. The minimum atomic E-state index is -0.311. The molecule has 3 rings (SSSR count). The molecule has 2 N–H and O–H groups in total. The molecule has 0 bridgehead atoms. The van der Waals surface area contributed by atoms with Gasteiger partial charge in [0, 0.05) is 31.4 Å². The van der Waals surface area contributed by atoms with Crippen molar-refractivity contribution in [2.45, 2.75) is 19.4 Å². The number of carbonyl (C=O) groups excluding carboxylic acids is 2. The first-order valence-electron chi connectivity index (χ1n) is 8.55. The Labute approximate surface area is 151 Å². The summed E-state index contributed by atoms with van der Waals surface area (Å²) in [5.74, 6) is 0.0105. The van der Waals surface area contributed by atoms with E-state index in [-0.39, 0.29) is 30.9 Å². The third-order valence-corrected chi connectivity index (χ3v) is 4.09. The zero-order chi connectivity index (χ0) is 18.4. The zero-order valence-corrected chi connectivity index (χ0v) is 14.4. The molecule has 1 aliphatic rings. The molecule has 0 spiro atoms. The van der Waals surface area contributed by atoms with E-state index in [1.807, 2.05) is 24.3 Å². The van der Waals surface area contributed by atoms with E-state index in [0.29, 0.717) is 18.5 Å². The maximum absolute atomic E-state index is 12.4. The van der Waals surface area contributed by atoms with E-state index in [2.05, 4.69) is 10.3 Å². The number of hydrogen-bond acceptors (Lipinski definition) is 5. The topological polar surface area (TPSA) is 91.8 Å². The van der Waals surface area contributed by atoms with Gasteiger partial charge in [0.1, 0.15) is 12.2 Å². The van der Waals surface area contributed by atoms with E-state index in [4.69, 9.17) is 9.84 Å². The van der Waals surface area contributed by atoms with Crippen molar-refractivity contribution in [3.05, 3.63) is 53.7 Å². The number of nitrogens with one attached hydrogen (secondary N) is 1. The molecule has 0 saturated carbocycles. The minimum absolute atomic E-state index is 0.0726. The van der Waals surface area contributed by atoms with Gasteiger partial charge in [-0.05, 0) is 36.2 Å². The van der Waals surface area contributed by atoms with E-state index in [1.54, 1.807) is 17.0 Å². The van der Waals surface area contributed by atoms with Crippen LogP contribution in [0.2, 0.25) is 0 Å². The van der Waals surface area contributed by atoms with Crippen LogP contribution < -0.4 is 15.0 Å². The molecule has 7 nitrogen and oxygen atoms in total. The summed E-state index contributed by atoms with van der Waals surface area (Å²) in [5, 5.41) is 11.7. The summed E-state index contributed by atoms with van der Waals surface area (Å²) in [4.78, 5) is 30.1. The van der Waals surface area contributed by atoms with Crippen molar-refractivity contribution >= 4 is 17.5 Å². The van der Waals surface area contributed by atoms with Crippen molar-refractivity contribution in [3.8, 4) is 5.88 Å². The van der Waals surface area contributed by atoms with Crippen LogP contribution in [0, 0.1) is 0 Å². The van der Waals surface area contributed by atoms with Gasteiger partial charge in [-0.1, -0.05) is 12.1 Å². The highest BCUT2D eigenvalue weighted by Gasteiger charge is 2.21. The number of carbonyl (C=O) groups is 2. The van der Waals surface area contributed by atoms with Crippen LogP contribution in [0.5, 0.6) is 5.88 Å². The second-order valence-electron chi connectivity index (χ2n) is 5.93. The summed E-state index contributed by atoms with van der Waals surface area (Å²) in [6.07, 6.45) is 2.98. The predicted octanol–water partition coefficient (Wildman–Crippen LogP) is 1.51. The molecule has 0 radical (unpaired) electrons. The van der Waals surface area contributed by atoms with Crippen LogP contribution in [0.3, 0.4) is 0 Å². The standard InChI is InChI=1S/C19H21N3O4/c23-10-11-26-19-16(6-2-8-20-19)18(25)21-13-14-4-1-5-15(12-14)22-9-3-7-17(22)24/h1-2,4-6,8,12,23H,3,7,9-11,13H2,(H,21,25). The van der Waals surface area contributed by atoms with Crippen molar-refractivity contribution in [3.63, 3.8) is 0 Å². The van der Waals surface area contributed by atoms with Crippen LogP contribution in [-0.4, -0.2) is 41.7 Å². The molecule has 1 aliphatic heterocycles. The van der Waals surface area contributed by atoms with E-state index in [0.717, 1.165) is 24.2 Å².